The Bertz CT molecular complexity index is 260. The highest BCUT2D eigenvalue weighted by Gasteiger charge is 2.19. The smallest absolute Gasteiger partial charge is 0.222 e. The number of hydrogen-bond acceptors (Lipinski definition) is 3. The molecule has 11 heavy (non-hydrogen) atoms. The van der Waals surface area contributed by atoms with Crippen molar-refractivity contribution in [1.82, 2.24) is 15.3 Å². The second-order valence-corrected chi connectivity index (χ2v) is 2.94. The highest BCUT2D eigenvalue weighted by Crippen LogP contribution is 2.17. The standard InChI is InChI=1S/C7H8ClN3/c8-7-10-2-1-6(11-7)5-3-9-4-5/h1-2,5,9H,3-4H2. The zero-order chi connectivity index (χ0) is 7.68. The maximum atomic E-state index is 5.63. The summed E-state index contributed by atoms with van der Waals surface area (Å²) in [6, 6.07) is 1.91. The normalized spacial score (nSPS) is 17.9. The van der Waals surface area contributed by atoms with Crippen LogP contribution in [0.4, 0.5) is 0 Å². The SMILES string of the molecule is Clc1nccc(C2CNC2)n1. The molecule has 0 amide bonds. The summed E-state index contributed by atoms with van der Waals surface area (Å²) in [5, 5.41) is 3.52. The molecule has 2 rings (SSSR count). The van der Waals surface area contributed by atoms with Crippen LogP contribution in [0.1, 0.15) is 11.6 Å². The molecule has 2 heterocycles. The summed E-state index contributed by atoms with van der Waals surface area (Å²) in [6.07, 6.45) is 1.70. The monoisotopic (exact) mass is 169 g/mol. The van der Waals surface area contributed by atoms with Crippen LogP contribution in [0.2, 0.25) is 5.28 Å². The van der Waals surface area contributed by atoms with Gasteiger partial charge in [0.25, 0.3) is 0 Å². The van der Waals surface area contributed by atoms with E-state index in [1.54, 1.807) is 6.20 Å². The minimum Gasteiger partial charge on any atom is -0.315 e. The second kappa shape index (κ2) is 2.75. The fourth-order valence-corrected chi connectivity index (χ4v) is 1.23. The minimum absolute atomic E-state index is 0.342. The largest absolute Gasteiger partial charge is 0.315 e. The Morgan fingerprint density at radius 2 is 2.36 bits per heavy atom. The third-order valence-corrected chi connectivity index (χ3v) is 2.03. The average molecular weight is 170 g/mol. The van der Waals surface area contributed by atoms with Crippen molar-refractivity contribution < 1.29 is 0 Å². The molecule has 58 valence electrons. The van der Waals surface area contributed by atoms with E-state index in [4.69, 9.17) is 11.6 Å². The zero-order valence-electron chi connectivity index (χ0n) is 5.92. The van der Waals surface area contributed by atoms with E-state index in [0.717, 1.165) is 18.8 Å². The molecular weight excluding hydrogens is 162 g/mol. The van der Waals surface area contributed by atoms with Crippen molar-refractivity contribution in [3.8, 4) is 0 Å². The summed E-state index contributed by atoms with van der Waals surface area (Å²) >= 11 is 5.63. The lowest BCUT2D eigenvalue weighted by atomic mass is 9.99. The van der Waals surface area contributed by atoms with Gasteiger partial charge < -0.3 is 5.32 Å². The van der Waals surface area contributed by atoms with Crippen LogP contribution in [-0.4, -0.2) is 23.1 Å². The molecule has 0 spiro atoms. The highest BCUT2D eigenvalue weighted by atomic mass is 35.5. The lowest BCUT2D eigenvalue weighted by molar-refractivity contribution is 0.439. The van der Waals surface area contributed by atoms with Gasteiger partial charge in [-0.15, -0.1) is 0 Å². The van der Waals surface area contributed by atoms with Gasteiger partial charge in [0.05, 0.1) is 5.69 Å². The molecule has 3 nitrogen and oxygen atoms in total. The van der Waals surface area contributed by atoms with Gasteiger partial charge >= 0.3 is 0 Å². The van der Waals surface area contributed by atoms with E-state index in [2.05, 4.69) is 15.3 Å². The minimum atomic E-state index is 0.342. The topological polar surface area (TPSA) is 37.8 Å². The maximum Gasteiger partial charge on any atom is 0.222 e. The maximum absolute atomic E-state index is 5.63. The summed E-state index contributed by atoms with van der Waals surface area (Å²) in [7, 11) is 0. The third kappa shape index (κ3) is 1.34. The Balaban J connectivity index is 2.23. The molecule has 1 N–H and O–H groups in total. The molecular formula is C7H8ClN3. The molecule has 1 fully saturated rings. The predicted octanol–water partition coefficient (Wildman–Crippen LogP) is 0.817. The summed E-state index contributed by atoms with van der Waals surface area (Å²) < 4.78 is 0. The quantitative estimate of drug-likeness (QED) is 0.633. The molecule has 1 aliphatic heterocycles. The molecule has 0 unspecified atom stereocenters. The molecule has 0 bridgehead atoms. The van der Waals surface area contributed by atoms with Crippen molar-refractivity contribution in [2.75, 3.05) is 13.1 Å². The van der Waals surface area contributed by atoms with E-state index in [0.29, 0.717) is 11.2 Å². The fourth-order valence-electron chi connectivity index (χ4n) is 1.07. The van der Waals surface area contributed by atoms with Gasteiger partial charge in [-0.25, -0.2) is 9.97 Å². The second-order valence-electron chi connectivity index (χ2n) is 2.61. The highest BCUT2D eigenvalue weighted by molar-refractivity contribution is 6.28. The van der Waals surface area contributed by atoms with Gasteiger partial charge in [-0.05, 0) is 17.7 Å². The van der Waals surface area contributed by atoms with Crippen molar-refractivity contribution in [3.05, 3.63) is 23.2 Å². The van der Waals surface area contributed by atoms with E-state index < -0.39 is 0 Å². The summed E-state index contributed by atoms with van der Waals surface area (Å²) in [6.45, 7) is 2.01. The lowest BCUT2D eigenvalue weighted by Gasteiger charge is -2.26. The number of rotatable bonds is 1. The van der Waals surface area contributed by atoms with Gasteiger partial charge in [-0.1, -0.05) is 0 Å². The van der Waals surface area contributed by atoms with E-state index >= 15 is 0 Å². The van der Waals surface area contributed by atoms with Crippen LogP contribution in [-0.2, 0) is 0 Å². The van der Waals surface area contributed by atoms with Crippen molar-refractivity contribution in [1.29, 1.82) is 0 Å². The van der Waals surface area contributed by atoms with Gasteiger partial charge in [0.1, 0.15) is 0 Å². The third-order valence-electron chi connectivity index (χ3n) is 1.85. The molecule has 0 atom stereocenters. The Morgan fingerprint density at radius 1 is 1.55 bits per heavy atom. The van der Waals surface area contributed by atoms with Crippen LogP contribution in [0.3, 0.4) is 0 Å². The van der Waals surface area contributed by atoms with Crippen LogP contribution in [0, 0.1) is 0 Å². The van der Waals surface area contributed by atoms with Gasteiger partial charge in [0.2, 0.25) is 5.28 Å². The van der Waals surface area contributed by atoms with E-state index in [9.17, 15) is 0 Å². The summed E-state index contributed by atoms with van der Waals surface area (Å²) in [5.74, 6) is 0.537. The van der Waals surface area contributed by atoms with Crippen molar-refractivity contribution >= 4 is 11.6 Å². The molecule has 0 saturated carbocycles. The van der Waals surface area contributed by atoms with Gasteiger partial charge in [-0.3, -0.25) is 0 Å². The first-order valence-electron chi connectivity index (χ1n) is 3.55. The number of hydrogen-bond donors (Lipinski definition) is 1. The zero-order valence-corrected chi connectivity index (χ0v) is 6.67. The molecule has 0 radical (unpaired) electrons. The molecule has 0 aromatic carbocycles. The van der Waals surface area contributed by atoms with Crippen LogP contribution >= 0.6 is 11.6 Å². The average Bonchev–Trinajstić information content (AvgIpc) is 1.83. The van der Waals surface area contributed by atoms with Crippen molar-refractivity contribution in [2.45, 2.75) is 5.92 Å². The van der Waals surface area contributed by atoms with Gasteiger partial charge in [-0.2, -0.15) is 0 Å². The van der Waals surface area contributed by atoms with Crippen molar-refractivity contribution in [3.63, 3.8) is 0 Å². The van der Waals surface area contributed by atoms with Crippen molar-refractivity contribution in [2.24, 2.45) is 0 Å². The molecule has 1 aliphatic rings. The van der Waals surface area contributed by atoms with Crippen LogP contribution < -0.4 is 5.32 Å². The molecule has 1 aromatic heterocycles. The number of halogens is 1. The fraction of sp³-hybridized carbons (Fsp3) is 0.429. The number of nitrogens with zero attached hydrogens (tertiary/aromatic N) is 2. The Kier molecular flexibility index (Phi) is 1.75. The van der Waals surface area contributed by atoms with Crippen LogP contribution in [0.15, 0.2) is 12.3 Å². The molecule has 1 aromatic rings. The Morgan fingerprint density at radius 3 is 2.91 bits per heavy atom. The van der Waals surface area contributed by atoms with Crippen LogP contribution in [0.5, 0.6) is 0 Å². The van der Waals surface area contributed by atoms with Gasteiger partial charge in [0, 0.05) is 25.2 Å². The van der Waals surface area contributed by atoms with E-state index in [1.807, 2.05) is 6.07 Å². The lowest BCUT2D eigenvalue weighted by Crippen LogP contribution is -2.40. The number of nitrogens with one attached hydrogen (secondary N) is 1. The Labute approximate surface area is 69.8 Å². The summed E-state index contributed by atoms with van der Waals surface area (Å²) in [4.78, 5) is 7.92. The molecule has 1 saturated heterocycles. The van der Waals surface area contributed by atoms with Crippen LogP contribution in [0.25, 0.3) is 0 Å². The molecule has 0 aliphatic carbocycles. The summed E-state index contributed by atoms with van der Waals surface area (Å²) in [5.41, 5.74) is 1.05. The van der Waals surface area contributed by atoms with Gasteiger partial charge in [0.15, 0.2) is 0 Å². The van der Waals surface area contributed by atoms with E-state index in [-0.39, 0.29) is 0 Å². The number of aromatic nitrogens is 2. The molecule has 4 heteroatoms. The van der Waals surface area contributed by atoms with E-state index in [1.165, 1.54) is 0 Å². The Hall–Kier alpha value is -0.670. The first-order chi connectivity index (χ1) is 5.36. The first kappa shape index (κ1) is 7.00. The first-order valence-corrected chi connectivity index (χ1v) is 3.93. The predicted molar refractivity (Wildman–Crippen MR) is 42.7 cm³/mol.